The zero-order chi connectivity index (χ0) is 17.8. The van der Waals surface area contributed by atoms with Gasteiger partial charge in [0.1, 0.15) is 11.4 Å². The van der Waals surface area contributed by atoms with Gasteiger partial charge in [-0.25, -0.2) is 4.39 Å². The van der Waals surface area contributed by atoms with Gasteiger partial charge in [0.2, 0.25) is 5.91 Å². The van der Waals surface area contributed by atoms with Gasteiger partial charge in [0.05, 0.1) is 6.10 Å². The van der Waals surface area contributed by atoms with E-state index in [1.54, 1.807) is 23.9 Å². The summed E-state index contributed by atoms with van der Waals surface area (Å²) >= 11 is 1.59. The van der Waals surface area contributed by atoms with Crippen molar-refractivity contribution in [3.8, 4) is 0 Å². The normalized spacial score (nSPS) is 25.1. The van der Waals surface area contributed by atoms with Crippen molar-refractivity contribution in [2.45, 2.75) is 44.6 Å². The first-order valence-corrected chi connectivity index (χ1v) is 9.48. The van der Waals surface area contributed by atoms with E-state index in [1.807, 2.05) is 26.8 Å². The lowest BCUT2D eigenvalue weighted by atomic mass is 9.54. The third kappa shape index (κ3) is 3.76. The fourth-order valence-electron chi connectivity index (χ4n) is 3.01. The van der Waals surface area contributed by atoms with E-state index in [2.05, 4.69) is 5.32 Å². The van der Waals surface area contributed by atoms with Gasteiger partial charge in [0, 0.05) is 36.5 Å². The number of halogens is 1. The molecule has 1 aromatic carbocycles. The molecule has 3 N–H and O–H groups in total. The fourth-order valence-corrected chi connectivity index (χ4v) is 3.86. The Morgan fingerprint density at radius 3 is 2.79 bits per heavy atom. The molecule has 0 aliphatic heterocycles. The Morgan fingerprint density at radius 2 is 2.17 bits per heavy atom. The highest BCUT2D eigenvalue weighted by Gasteiger charge is 2.62. The largest absolute Gasteiger partial charge is 0.378 e. The van der Waals surface area contributed by atoms with E-state index in [-0.39, 0.29) is 23.2 Å². The second kappa shape index (κ2) is 7.85. The van der Waals surface area contributed by atoms with Crippen molar-refractivity contribution >= 4 is 17.7 Å². The molecule has 24 heavy (non-hydrogen) atoms. The van der Waals surface area contributed by atoms with Crippen molar-refractivity contribution in [3.63, 3.8) is 0 Å². The van der Waals surface area contributed by atoms with Crippen molar-refractivity contribution in [3.05, 3.63) is 35.6 Å². The van der Waals surface area contributed by atoms with Gasteiger partial charge in [0.15, 0.2) is 0 Å². The van der Waals surface area contributed by atoms with Crippen molar-refractivity contribution in [2.75, 3.05) is 18.9 Å². The quantitative estimate of drug-likeness (QED) is 0.705. The zero-order valence-corrected chi connectivity index (χ0v) is 15.4. The molecule has 2 unspecified atom stereocenters. The molecular formula is C18H27FN2O2S. The molecular weight excluding hydrogens is 327 g/mol. The Kier molecular flexibility index (Phi) is 6.28. The summed E-state index contributed by atoms with van der Waals surface area (Å²) in [5.41, 5.74) is 5.74. The Balaban J connectivity index is 1.73. The SMILES string of the molecule is CCOC1CC(N)(C(=O)NCCSCc2ccccc2F)C1(C)C. The minimum Gasteiger partial charge on any atom is -0.378 e. The molecule has 2 atom stereocenters. The van der Waals surface area contributed by atoms with Crippen LogP contribution >= 0.6 is 11.8 Å². The van der Waals surface area contributed by atoms with Crippen LogP contribution in [0.5, 0.6) is 0 Å². The van der Waals surface area contributed by atoms with E-state index in [1.165, 1.54) is 6.07 Å². The van der Waals surface area contributed by atoms with Crippen LogP contribution < -0.4 is 11.1 Å². The summed E-state index contributed by atoms with van der Waals surface area (Å²) in [6.07, 6.45) is 0.566. The Morgan fingerprint density at radius 1 is 1.46 bits per heavy atom. The third-order valence-electron chi connectivity index (χ3n) is 4.98. The number of hydrogen-bond donors (Lipinski definition) is 2. The molecule has 4 nitrogen and oxygen atoms in total. The van der Waals surface area contributed by atoms with Crippen molar-refractivity contribution in [2.24, 2.45) is 11.1 Å². The molecule has 2 rings (SSSR count). The molecule has 134 valence electrons. The van der Waals surface area contributed by atoms with Gasteiger partial charge >= 0.3 is 0 Å². The van der Waals surface area contributed by atoms with Gasteiger partial charge in [-0.15, -0.1) is 0 Å². The molecule has 0 bridgehead atoms. The van der Waals surface area contributed by atoms with Crippen LogP contribution in [0.1, 0.15) is 32.8 Å². The number of carbonyl (C=O) groups excluding carboxylic acids is 1. The molecule has 1 saturated carbocycles. The van der Waals surface area contributed by atoms with Crippen LogP contribution in [0.2, 0.25) is 0 Å². The standard InChI is InChI=1S/C18H27FN2O2S/c1-4-23-15-11-18(20,17(15,2)3)16(22)21-9-10-24-12-13-7-5-6-8-14(13)19/h5-8,15H,4,9-12,20H2,1-3H3,(H,21,22). The molecule has 0 radical (unpaired) electrons. The maximum atomic E-state index is 13.5. The zero-order valence-electron chi connectivity index (χ0n) is 14.6. The van der Waals surface area contributed by atoms with Gasteiger partial charge < -0.3 is 15.8 Å². The molecule has 1 aromatic rings. The lowest BCUT2D eigenvalue weighted by Crippen LogP contribution is -2.75. The first-order chi connectivity index (χ1) is 11.3. The van der Waals surface area contributed by atoms with E-state index in [0.717, 1.165) is 0 Å². The lowest BCUT2D eigenvalue weighted by Gasteiger charge is -2.57. The number of hydrogen-bond acceptors (Lipinski definition) is 4. The summed E-state index contributed by atoms with van der Waals surface area (Å²) in [4.78, 5) is 12.4. The van der Waals surface area contributed by atoms with Crippen LogP contribution in [-0.4, -0.2) is 36.5 Å². The molecule has 1 amide bonds. The molecule has 1 aliphatic rings. The number of benzene rings is 1. The van der Waals surface area contributed by atoms with E-state index >= 15 is 0 Å². The number of carbonyl (C=O) groups is 1. The molecule has 0 spiro atoms. The maximum Gasteiger partial charge on any atom is 0.240 e. The summed E-state index contributed by atoms with van der Waals surface area (Å²) < 4.78 is 19.2. The van der Waals surface area contributed by atoms with E-state index in [9.17, 15) is 9.18 Å². The minimum atomic E-state index is -0.886. The van der Waals surface area contributed by atoms with Crippen LogP contribution in [0.3, 0.4) is 0 Å². The molecule has 1 fully saturated rings. The first-order valence-electron chi connectivity index (χ1n) is 8.33. The summed E-state index contributed by atoms with van der Waals surface area (Å²) in [7, 11) is 0. The Labute approximate surface area is 147 Å². The lowest BCUT2D eigenvalue weighted by molar-refractivity contribution is -0.170. The molecule has 1 aliphatic carbocycles. The van der Waals surface area contributed by atoms with Crippen molar-refractivity contribution < 1.29 is 13.9 Å². The first kappa shape index (κ1) is 19.2. The topological polar surface area (TPSA) is 64.3 Å². The number of thioether (sulfide) groups is 1. The summed E-state index contributed by atoms with van der Waals surface area (Å²) in [5.74, 6) is 0.989. The maximum absolute atomic E-state index is 13.5. The number of rotatable bonds is 8. The van der Waals surface area contributed by atoms with Crippen LogP contribution in [0.25, 0.3) is 0 Å². The summed E-state index contributed by atoms with van der Waals surface area (Å²) in [6, 6.07) is 6.75. The second-order valence-electron chi connectivity index (χ2n) is 6.74. The predicted molar refractivity (Wildman–Crippen MR) is 96.3 cm³/mol. The highest BCUT2D eigenvalue weighted by atomic mass is 32.2. The minimum absolute atomic E-state index is 0.0219. The predicted octanol–water partition coefficient (Wildman–Crippen LogP) is 2.71. The molecule has 6 heteroatoms. The van der Waals surface area contributed by atoms with Crippen LogP contribution in [0.4, 0.5) is 4.39 Å². The molecule has 0 heterocycles. The van der Waals surface area contributed by atoms with Gasteiger partial charge in [-0.3, -0.25) is 4.79 Å². The number of nitrogens with one attached hydrogen (secondary N) is 1. The number of amides is 1. The van der Waals surface area contributed by atoms with Crippen LogP contribution in [0, 0.1) is 11.2 Å². The van der Waals surface area contributed by atoms with Gasteiger partial charge in [-0.05, 0) is 18.6 Å². The highest BCUT2D eigenvalue weighted by Crippen LogP contribution is 2.49. The second-order valence-corrected chi connectivity index (χ2v) is 7.85. The monoisotopic (exact) mass is 354 g/mol. The Bertz CT molecular complexity index is 582. The van der Waals surface area contributed by atoms with Gasteiger partial charge in [-0.1, -0.05) is 32.0 Å². The number of ether oxygens (including phenoxy) is 1. The van der Waals surface area contributed by atoms with Crippen molar-refractivity contribution in [1.29, 1.82) is 0 Å². The van der Waals surface area contributed by atoms with Gasteiger partial charge in [-0.2, -0.15) is 11.8 Å². The number of nitrogens with two attached hydrogens (primary N) is 1. The van der Waals surface area contributed by atoms with E-state index in [0.29, 0.717) is 36.6 Å². The molecule has 0 saturated heterocycles. The fraction of sp³-hybridized carbons (Fsp3) is 0.611. The van der Waals surface area contributed by atoms with E-state index < -0.39 is 5.54 Å². The van der Waals surface area contributed by atoms with Gasteiger partial charge in [0.25, 0.3) is 0 Å². The van der Waals surface area contributed by atoms with Crippen LogP contribution in [0.15, 0.2) is 24.3 Å². The van der Waals surface area contributed by atoms with E-state index in [4.69, 9.17) is 10.5 Å². The highest BCUT2D eigenvalue weighted by molar-refractivity contribution is 7.98. The summed E-state index contributed by atoms with van der Waals surface area (Å²) in [6.45, 7) is 7.04. The molecule has 0 aromatic heterocycles. The summed E-state index contributed by atoms with van der Waals surface area (Å²) in [5, 5.41) is 2.91. The van der Waals surface area contributed by atoms with Crippen LogP contribution in [-0.2, 0) is 15.3 Å². The average molecular weight is 354 g/mol. The third-order valence-corrected chi connectivity index (χ3v) is 5.99. The van der Waals surface area contributed by atoms with Crippen molar-refractivity contribution in [1.82, 2.24) is 5.32 Å². The smallest absolute Gasteiger partial charge is 0.240 e. The average Bonchev–Trinajstić information content (AvgIpc) is 2.55. The Hall–Kier alpha value is -1.11.